The van der Waals surface area contributed by atoms with E-state index in [0.717, 1.165) is 0 Å². The number of hydrogen-bond donors (Lipinski definition) is 0. The summed E-state index contributed by atoms with van der Waals surface area (Å²) in [6, 6.07) is 4.65. The van der Waals surface area contributed by atoms with E-state index in [0.29, 0.717) is 23.7 Å². The van der Waals surface area contributed by atoms with Gasteiger partial charge in [0.25, 0.3) is 0 Å². The quantitative estimate of drug-likeness (QED) is 0.563. The molecule has 1 aromatic rings. The predicted molar refractivity (Wildman–Crippen MR) is 97.4 cm³/mol. The summed E-state index contributed by atoms with van der Waals surface area (Å²) in [6.07, 6.45) is 0. The second-order valence-electron chi connectivity index (χ2n) is 5.73. The van der Waals surface area contributed by atoms with Gasteiger partial charge in [-0.25, -0.2) is 0 Å². The molecule has 0 bridgehead atoms. The van der Waals surface area contributed by atoms with E-state index in [1.807, 2.05) is 19.0 Å². The van der Waals surface area contributed by atoms with Crippen LogP contribution in [0.3, 0.4) is 0 Å². The van der Waals surface area contributed by atoms with Gasteiger partial charge in [-0.15, -0.1) is 0 Å². The third-order valence-corrected chi connectivity index (χ3v) is 4.77. The molecule has 1 amide bonds. The van der Waals surface area contributed by atoms with Crippen molar-refractivity contribution in [3.63, 3.8) is 0 Å². The highest BCUT2D eigenvalue weighted by Gasteiger charge is 2.19. The van der Waals surface area contributed by atoms with Crippen molar-refractivity contribution >= 4 is 27.6 Å². The van der Waals surface area contributed by atoms with Crippen molar-refractivity contribution in [2.75, 3.05) is 46.7 Å². The lowest BCUT2D eigenvalue weighted by Gasteiger charge is -2.25. The number of amides is 1. The molecule has 0 N–H and O–H groups in total. The molecule has 7 nitrogen and oxygen atoms in total. The van der Waals surface area contributed by atoms with Gasteiger partial charge in [-0.3, -0.25) is 4.79 Å². The Morgan fingerprint density at radius 1 is 1.24 bits per heavy atom. The number of carbonyl (C=O) groups is 1. The van der Waals surface area contributed by atoms with Crippen molar-refractivity contribution in [2.45, 2.75) is 13.5 Å². The SMILES string of the molecule is CCS(=O)(=O)Oc1ccc(Cl)cc1CN(CCN(C)C)C(=O)COC. The van der Waals surface area contributed by atoms with Crippen molar-refractivity contribution in [3.05, 3.63) is 28.8 Å². The minimum absolute atomic E-state index is 0.0581. The standard InChI is InChI=1S/C16H25ClN2O5S/c1-5-25(21,22)24-15-7-6-14(17)10-13(15)11-19(9-8-18(2)3)16(20)12-23-4/h6-7,10H,5,8-9,11-12H2,1-4H3. The largest absolute Gasteiger partial charge is 0.382 e. The van der Waals surface area contributed by atoms with Crippen molar-refractivity contribution in [1.82, 2.24) is 9.80 Å². The molecule has 0 aliphatic heterocycles. The predicted octanol–water partition coefficient (Wildman–Crippen LogP) is 1.61. The van der Waals surface area contributed by atoms with Crippen LogP contribution in [0.4, 0.5) is 0 Å². The van der Waals surface area contributed by atoms with Crippen LogP contribution >= 0.6 is 11.6 Å². The van der Waals surface area contributed by atoms with Crippen LogP contribution in [0.5, 0.6) is 5.75 Å². The zero-order valence-electron chi connectivity index (χ0n) is 15.0. The summed E-state index contributed by atoms with van der Waals surface area (Å²) in [4.78, 5) is 15.8. The Morgan fingerprint density at radius 3 is 2.48 bits per heavy atom. The first-order valence-electron chi connectivity index (χ1n) is 7.80. The van der Waals surface area contributed by atoms with Gasteiger partial charge in [-0.1, -0.05) is 11.6 Å². The number of rotatable bonds is 10. The van der Waals surface area contributed by atoms with E-state index >= 15 is 0 Å². The summed E-state index contributed by atoms with van der Waals surface area (Å²) in [5.74, 6) is -0.179. The van der Waals surface area contributed by atoms with E-state index in [9.17, 15) is 13.2 Å². The van der Waals surface area contributed by atoms with Gasteiger partial charge in [0.2, 0.25) is 5.91 Å². The number of benzene rings is 1. The van der Waals surface area contributed by atoms with Gasteiger partial charge < -0.3 is 18.7 Å². The fourth-order valence-corrected chi connectivity index (χ4v) is 2.73. The molecule has 0 aliphatic rings. The van der Waals surface area contributed by atoms with E-state index in [1.54, 1.807) is 17.0 Å². The first-order valence-corrected chi connectivity index (χ1v) is 9.76. The molecule has 1 aromatic carbocycles. The van der Waals surface area contributed by atoms with Crippen LogP contribution in [0.1, 0.15) is 12.5 Å². The average Bonchev–Trinajstić information content (AvgIpc) is 2.53. The van der Waals surface area contributed by atoms with Crippen LogP contribution in [0.2, 0.25) is 5.02 Å². The molecule has 0 saturated carbocycles. The highest BCUT2D eigenvalue weighted by molar-refractivity contribution is 7.87. The Bertz CT molecular complexity index is 679. The number of carbonyl (C=O) groups excluding carboxylic acids is 1. The Kier molecular flexibility index (Phi) is 8.64. The maximum atomic E-state index is 12.3. The average molecular weight is 393 g/mol. The molecule has 1 rings (SSSR count). The van der Waals surface area contributed by atoms with Crippen molar-refractivity contribution < 1.29 is 22.1 Å². The van der Waals surface area contributed by atoms with Crippen molar-refractivity contribution in [3.8, 4) is 5.75 Å². The fraction of sp³-hybridized carbons (Fsp3) is 0.562. The molecule has 0 fully saturated rings. The minimum Gasteiger partial charge on any atom is -0.382 e. The highest BCUT2D eigenvalue weighted by Crippen LogP contribution is 2.26. The smallest absolute Gasteiger partial charge is 0.308 e. The number of likely N-dealkylation sites (N-methyl/N-ethyl adjacent to an activating group) is 1. The third kappa shape index (κ3) is 7.60. The molecule has 25 heavy (non-hydrogen) atoms. The van der Waals surface area contributed by atoms with Gasteiger partial charge in [0.1, 0.15) is 12.4 Å². The van der Waals surface area contributed by atoms with Crippen molar-refractivity contribution in [2.24, 2.45) is 0 Å². The van der Waals surface area contributed by atoms with E-state index < -0.39 is 10.1 Å². The topological polar surface area (TPSA) is 76.2 Å². The molecular weight excluding hydrogens is 368 g/mol. The second-order valence-corrected chi connectivity index (χ2v) is 8.03. The fourth-order valence-electron chi connectivity index (χ4n) is 1.98. The third-order valence-electron chi connectivity index (χ3n) is 3.39. The molecule has 0 radical (unpaired) electrons. The first-order chi connectivity index (χ1) is 11.7. The van der Waals surface area contributed by atoms with Gasteiger partial charge in [0, 0.05) is 37.3 Å². The summed E-state index contributed by atoms with van der Waals surface area (Å²) in [7, 11) is 1.58. The van der Waals surface area contributed by atoms with Gasteiger partial charge in [-0.05, 0) is 39.2 Å². The first kappa shape index (κ1) is 21.7. The van der Waals surface area contributed by atoms with E-state index in [-0.39, 0.29) is 30.6 Å². The summed E-state index contributed by atoms with van der Waals surface area (Å²) >= 11 is 6.03. The van der Waals surface area contributed by atoms with Crippen LogP contribution in [0, 0.1) is 0 Å². The molecular formula is C16H25ClN2O5S. The lowest BCUT2D eigenvalue weighted by Crippen LogP contribution is -2.38. The Hall–Kier alpha value is -1.35. The monoisotopic (exact) mass is 392 g/mol. The molecule has 0 aromatic heterocycles. The Balaban J connectivity index is 3.09. The number of nitrogens with zero attached hydrogens (tertiary/aromatic N) is 2. The normalized spacial score (nSPS) is 11.6. The van der Waals surface area contributed by atoms with Gasteiger partial charge in [0.05, 0.1) is 5.75 Å². The minimum atomic E-state index is -3.68. The molecule has 0 atom stereocenters. The number of methoxy groups -OCH3 is 1. The molecule has 9 heteroatoms. The summed E-state index contributed by atoms with van der Waals surface area (Å²) in [6.45, 7) is 2.72. The van der Waals surface area contributed by atoms with E-state index in [2.05, 4.69) is 0 Å². The molecule has 0 heterocycles. The number of halogens is 1. The van der Waals surface area contributed by atoms with E-state index in [4.69, 9.17) is 20.5 Å². The van der Waals surface area contributed by atoms with Crippen LogP contribution in [-0.4, -0.2) is 70.8 Å². The molecule has 0 saturated heterocycles. The maximum Gasteiger partial charge on any atom is 0.308 e. The summed E-state index contributed by atoms with van der Waals surface area (Å²) in [5.41, 5.74) is 0.521. The number of ether oxygens (including phenoxy) is 1. The second kappa shape index (κ2) is 9.96. The molecule has 0 aliphatic carbocycles. The Labute approximate surface area is 154 Å². The lowest BCUT2D eigenvalue weighted by molar-refractivity contribution is -0.135. The maximum absolute atomic E-state index is 12.3. The van der Waals surface area contributed by atoms with Crippen LogP contribution < -0.4 is 4.18 Å². The van der Waals surface area contributed by atoms with Gasteiger partial charge in [0.15, 0.2) is 0 Å². The van der Waals surface area contributed by atoms with Crippen molar-refractivity contribution in [1.29, 1.82) is 0 Å². The van der Waals surface area contributed by atoms with Crippen LogP contribution in [-0.2, 0) is 26.2 Å². The lowest BCUT2D eigenvalue weighted by atomic mass is 10.2. The summed E-state index contributed by atoms with van der Waals surface area (Å²) in [5, 5.41) is 0.433. The van der Waals surface area contributed by atoms with Crippen LogP contribution in [0.15, 0.2) is 18.2 Å². The zero-order chi connectivity index (χ0) is 19.0. The molecule has 0 spiro atoms. The van der Waals surface area contributed by atoms with Crippen LogP contribution in [0.25, 0.3) is 0 Å². The highest BCUT2D eigenvalue weighted by atomic mass is 35.5. The van der Waals surface area contributed by atoms with E-state index in [1.165, 1.54) is 20.1 Å². The number of hydrogen-bond acceptors (Lipinski definition) is 6. The Morgan fingerprint density at radius 2 is 1.92 bits per heavy atom. The summed E-state index contributed by atoms with van der Waals surface area (Å²) < 4.78 is 33.6. The van der Waals surface area contributed by atoms with Gasteiger partial charge >= 0.3 is 10.1 Å². The molecule has 0 unspecified atom stereocenters. The van der Waals surface area contributed by atoms with Gasteiger partial charge in [-0.2, -0.15) is 8.42 Å². The zero-order valence-corrected chi connectivity index (χ0v) is 16.6. The molecule has 142 valence electrons.